The zero-order valence-corrected chi connectivity index (χ0v) is 64.4. The fourth-order valence-electron chi connectivity index (χ4n) is 14.5. The molecule has 4 aliphatic heterocycles. The van der Waals surface area contributed by atoms with Crippen LogP contribution in [0.1, 0.15) is 275 Å². The van der Waals surface area contributed by atoms with Crippen LogP contribution in [0.2, 0.25) is 0 Å². The number of methoxy groups -OCH3 is 1. The van der Waals surface area contributed by atoms with Crippen LogP contribution in [0.3, 0.4) is 0 Å². The summed E-state index contributed by atoms with van der Waals surface area (Å²) in [6.45, 7) is 43.3. The molecule has 4 aromatic rings. The van der Waals surface area contributed by atoms with Crippen LogP contribution in [-0.4, -0.2) is 100 Å². The number of esters is 1. The first-order chi connectivity index (χ1) is 45.6. The normalized spacial score (nSPS) is 19.0. The third-order valence-electron chi connectivity index (χ3n) is 19.2. The lowest BCUT2D eigenvalue weighted by Gasteiger charge is -2.47. The van der Waals surface area contributed by atoms with E-state index in [9.17, 15) is 23.9 Å². The molecule has 6 unspecified atom stereocenters. The summed E-state index contributed by atoms with van der Waals surface area (Å²) in [5.41, 5.74) is 6.10. The Morgan fingerprint density at radius 3 is 2.12 bits per heavy atom. The van der Waals surface area contributed by atoms with Crippen molar-refractivity contribution in [1.29, 1.82) is 0 Å². The minimum atomic E-state index is -0.260. The van der Waals surface area contributed by atoms with Crippen molar-refractivity contribution in [1.82, 2.24) is 20.1 Å². The fourth-order valence-corrected chi connectivity index (χ4v) is 15.2. The van der Waals surface area contributed by atoms with Crippen LogP contribution < -0.4 is 26.0 Å². The fraction of sp³-hybridized carbons (Fsp3) is 0.650. The number of ether oxygens (including phenoxy) is 2. The predicted molar refractivity (Wildman–Crippen MR) is 409 cm³/mol. The molecule has 9 rings (SSSR count). The van der Waals surface area contributed by atoms with E-state index in [-0.39, 0.29) is 35.4 Å². The van der Waals surface area contributed by atoms with Gasteiger partial charge in [-0.25, -0.2) is 4.39 Å². The number of likely N-dealkylation sites (tertiary alicyclic amines) is 1. The summed E-state index contributed by atoms with van der Waals surface area (Å²) in [7, 11) is 4.35. The number of hydrogen-bond donors (Lipinski definition) is 2. The Hall–Kier alpha value is -5.30. The number of aryl methyl sites for hydroxylation is 2. The number of thiocarbonyl (C=S) groups is 1. The van der Waals surface area contributed by atoms with Gasteiger partial charge in [0.1, 0.15) is 29.0 Å². The second-order valence-electron chi connectivity index (χ2n) is 26.6. The summed E-state index contributed by atoms with van der Waals surface area (Å²) in [6, 6.07) is 14.0. The third-order valence-corrected chi connectivity index (χ3v) is 20.2. The lowest BCUT2D eigenvalue weighted by Crippen LogP contribution is -2.53. The second-order valence-corrected chi connectivity index (χ2v) is 27.6. The van der Waals surface area contributed by atoms with Gasteiger partial charge in [0.05, 0.1) is 18.8 Å². The van der Waals surface area contributed by atoms with Crippen LogP contribution in [0.25, 0.3) is 34.4 Å². The van der Waals surface area contributed by atoms with E-state index in [1.807, 2.05) is 53.4 Å². The summed E-state index contributed by atoms with van der Waals surface area (Å²) in [5.74, 6) is 3.38. The highest BCUT2D eigenvalue weighted by Crippen LogP contribution is 2.52. The van der Waals surface area contributed by atoms with Crippen LogP contribution in [0.15, 0.2) is 53.7 Å². The molecule has 0 radical (unpaired) electrons. The summed E-state index contributed by atoms with van der Waals surface area (Å²) in [6.07, 6.45) is 28.3. The van der Waals surface area contributed by atoms with Gasteiger partial charge in [-0.3, -0.25) is 24.3 Å². The summed E-state index contributed by atoms with van der Waals surface area (Å²) >= 11 is 5.44. The van der Waals surface area contributed by atoms with Gasteiger partial charge in [0.2, 0.25) is 11.8 Å². The minimum Gasteiger partial charge on any atom is -0.508 e. The van der Waals surface area contributed by atoms with Gasteiger partial charge in [-0.15, -0.1) is 9.24 Å². The molecule has 1 aromatic heterocycles. The molecule has 12 nitrogen and oxygen atoms in total. The Kier molecular flexibility index (Phi) is 38.8. The molecule has 2 N–H and O–H groups in total. The van der Waals surface area contributed by atoms with Crippen molar-refractivity contribution in [2.45, 2.75) is 289 Å². The monoisotopic (exact) mass is 1350 g/mol. The van der Waals surface area contributed by atoms with Crippen molar-refractivity contribution >= 4 is 84.3 Å². The van der Waals surface area contributed by atoms with Gasteiger partial charge in [-0.2, -0.15) is 4.99 Å². The number of phenols is 1. The molecule has 2 amide bonds. The van der Waals surface area contributed by atoms with Crippen molar-refractivity contribution < 1.29 is 33.4 Å². The van der Waals surface area contributed by atoms with Crippen molar-refractivity contribution in [2.24, 2.45) is 22.2 Å². The average molecular weight is 1350 g/mol. The van der Waals surface area contributed by atoms with Crippen LogP contribution in [0.4, 0.5) is 10.1 Å². The number of piperidine rings is 2. The Bertz CT molecular complexity index is 3150. The summed E-state index contributed by atoms with van der Waals surface area (Å²) in [5, 5.41) is 17.1. The molecule has 5 fully saturated rings. The summed E-state index contributed by atoms with van der Waals surface area (Å²) in [4.78, 5) is 51.8. The number of halogens is 1. The number of carbonyl (C=O) groups is 3. The number of nitrogens with one attached hydrogen (secondary N) is 1. The molecule has 95 heavy (non-hydrogen) atoms. The zero-order valence-electron chi connectivity index (χ0n) is 62.5. The number of carbonyl (C=O) groups excluding carboxylic acids is 3. The number of aliphatic imine (C=N–C) groups is 1. The van der Waals surface area contributed by atoms with E-state index in [0.29, 0.717) is 72.0 Å². The number of fused-ring (bicyclic) bond motifs is 2. The van der Waals surface area contributed by atoms with Gasteiger partial charge >= 0.3 is 5.97 Å². The first-order valence-corrected chi connectivity index (χ1v) is 38.0. The van der Waals surface area contributed by atoms with Crippen LogP contribution in [0, 0.1) is 30.0 Å². The van der Waals surface area contributed by atoms with Crippen molar-refractivity contribution in [3.05, 3.63) is 81.6 Å². The highest BCUT2D eigenvalue weighted by molar-refractivity contribution is 7.80. The number of benzene rings is 3. The number of hydrogen-bond acceptors (Lipinski definition) is 11. The first kappa shape index (κ1) is 83.9. The molecule has 5 aliphatic rings. The molecule has 6 atom stereocenters. The van der Waals surface area contributed by atoms with Gasteiger partial charge in [0, 0.05) is 79.8 Å². The van der Waals surface area contributed by atoms with E-state index in [1.165, 1.54) is 134 Å². The van der Waals surface area contributed by atoms with Crippen molar-refractivity contribution in [3.8, 4) is 17.0 Å². The number of amides is 2. The molecule has 15 heteroatoms. The molecule has 1 aliphatic carbocycles. The Morgan fingerprint density at radius 2 is 1.56 bits per heavy atom. The molecular weight excluding hydrogens is 1220 g/mol. The maximum absolute atomic E-state index is 14.7. The lowest BCUT2D eigenvalue weighted by atomic mass is 9.58. The molecule has 3 aromatic carbocycles. The number of phenolic OH excluding ortho intramolecular Hbond substituents is 1. The molecule has 4 saturated heterocycles. The minimum absolute atomic E-state index is 0.0382. The predicted octanol–water partition coefficient (Wildman–Crippen LogP) is 18.5. The number of pyridine rings is 1. The molecule has 532 valence electrons. The number of nitrogens with zero attached hydrogens (tertiary/aromatic N) is 5. The third kappa shape index (κ3) is 24.6. The highest BCUT2D eigenvalue weighted by atomic mass is 32.1. The number of aromatic hydroxyl groups is 1. The first-order valence-electron chi connectivity index (χ1n) is 37.0. The smallest absolute Gasteiger partial charge is 0.302 e. The quantitative estimate of drug-likeness (QED) is 0.0289. The topological polar surface area (TPSA) is 137 Å². The maximum atomic E-state index is 14.7. The number of aromatic nitrogens is 1. The Balaban J connectivity index is 0.000000346. The van der Waals surface area contributed by atoms with Gasteiger partial charge in [0.15, 0.2) is 5.90 Å². The Labute approximate surface area is 583 Å². The van der Waals surface area contributed by atoms with Crippen LogP contribution >= 0.6 is 21.5 Å². The number of rotatable bonds is 20. The molecule has 0 bridgehead atoms. The van der Waals surface area contributed by atoms with Crippen LogP contribution in [-0.2, 0) is 30.3 Å². The van der Waals surface area contributed by atoms with E-state index in [1.54, 1.807) is 31.5 Å². The van der Waals surface area contributed by atoms with E-state index in [2.05, 4.69) is 111 Å². The van der Waals surface area contributed by atoms with Gasteiger partial charge < -0.3 is 29.7 Å². The van der Waals surface area contributed by atoms with E-state index in [4.69, 9.17) is 31.7 Å². The van der Waals surface area contributed by atoms with Crippen molar-refractivity contribution in [3.63, 3.8) is 0 Å². The SMILES string of the molecule is C=c1c(P)c(-c2cc(O)cc3ccc(F)c(CC)c23)nc/c1=C(/N=C(\C)OC)N1CCCCC1.CC.CC.CC(=O)OCC1CCC2CCCN21.CCC.CCCC(CCC(C)CC)c1ccc(N(C(=O)CC)C2CCC(=O)NC2=S)c(C)c1.CCCC1(CCC)CC(C)C1. The van der Waals surface area contributed by atoms with E-state index < -0.39 is 0 Å². The van der Waals surface area contributed by atoms with E-state index in [0.717, 1.165) is 92.8 Å². The van der Waals surface area contributed by atoms with Gasteiger partial charge in [-0.1, -0.05) is 172 Å². The molecule has 0 spiro atoms. The maximum Gasteiger partial charge on any atom is 0.302 e. The van der Waals surface area contributed by atoms with Gasteiger partial charge in [-0.05, 0) is 190 Å². The van der Waals surface area contributed by atoms with Crippen LogP contribution in [0.5, 0.6) is 5.75 Å². The highest BCUT2D eigenvalue weighted by Gasteiger charge is 2.40. The second kappa shape index (κ2) is 43.9. The van der Waals surface area contributed by atoms with E-state index >= 15 is 0 Å². The molecule has 5 heterocycles. The average Bonchev–Trinajstić information content (AvgIpc) is 1.45. The largest absolute Gasteiger partial charge is 0.508 e. The molecular formula is C80H128FN6O6PS. The number of anilines is 1. The zero-order chi connectivity index (χ0) is 71.0. The van der Waals surface area contributed by atoms with Crippen molar-refractivity contribution in [2.75, 3.05) is 38.3 Å². The van der Waals surface area contributed by atoms with Gasteiger partial charge in [0.25, 0.3) is 0 Å². The molecule has 1 saturated carbocycles. The lowest BCUT2D eigenvalue weighted by molar-refractivity contribution is -0.142. The summed E-state index contributed by atoms with van der Waals surface area (Å²) < 4.78 is 25.1. The Morgan fingerprint density at radius 1 is 0.895 bits per heavy atom. The standard InChI is InChI=1S/C27H31FN3O2P.C25H38N2O2S.C11H22.C10H17NO2.C3H8.2C2H6/c1-5-20-23(28)10-9-18-13-19(32)14-21(24(18)20)25-26(34)16(2)22(15-29-25)27(30-17(3)33-4)31-11-7-6-8-12-31;1-6-9-19(11-10-17(4)7-2)20-12-13-21(18(5)16-20)27(24(29)8-3)22-14-15-23(28)26-25(22)30;1-4-6-11(7-5-2)8-10(3)9-11;1-8(12)13-7-10-5-4-9-3-2-6-11(9)10;1-3-2;2*1-2/h9-10,13-15,32H,2,5-8,11-12,34H2,1,3-4H3;12-13,16-17,19,22H,6-11,14-15H2,1-5H3,(H,26,28,30);10H,4-9H2,1-3H3;9-10H,2-7H2,1H3;3H2,1-2H3;2*1-2H3/b27-22+,30-17+;;;;;;.